The number of carbonyl (C=O) groups is 1. The predicted molar refractivity (Wildman–Crippen MR) is 121 cm³/mol. The summed E-state index contributed by atoms with van der Waals surface area (Å²) in [5, 5.41) is 3.08. The van der Waals surface area contributed by atoms with Crippen molar-refractivity contribution >= 4 is 16.9 Å². The molecule has 32 heavy (non-hydrogen) atoms. The van der Waals surface area contributed by atoms with Crippen molar-refractivity contribution in [3.63, 3.8) is 0 Å². The molecule has 162 valence electrons. The van der Waals surface area contributed by atoms with E-state index < -0.39 is 23.7 Å². The van der Waals surface area contributed by atoms with Crippen molar-refractivity contribution in [1.29, 1.82) is 0 Å². The Bertz CT molecular complexity index is 1380. The van der Waals surface area contributed by atoms with Gasteiger partial charge in [-0.25, -0.2) is 18.9 Å². The van der Waals surface area contributed by atoms with Crippen LogP contribution in [0.4, 0.5) is 0 Å². The van der Waals surface area contributed by atoms with E-state index in [2.05, 4.69) is 10.3 Å². The summed E-state index contributed by atoms with van der Waals surface area (Å²) in [6, 6.07) is 19.2. The first-order valence-corrected chi connectivity index (χ1v) is 10.1. The van der Waals surface area contributed by atoms with Gasteiger partial charge in [0.15, 0.2) is 5.65 Å². The zero-order chi connectivity index (χ0) is 22.7. The highest BCUT2D eigenvalue weighted by molar-refractivity contribution is 5.78. The van der Waals surface area contributed by atoms with Crippen LogP contribution in [0.3, 0.4) is 0 Å². The highest BCUT2D eigenvalue weighted by Gasteiger charge is 2.18. The van der Waals surface area contributed by atoms with Crippen LogP contribution in [0, 0.1) is 0 Å². The Labute approximate surface area is 183 Å². The van der Waals surface area contributed by atoms with Gasteiger partial charge in [-0.1, -0.05) is 30.3 Å². The molecule has 0 spiro atoms. The Balaban J connectivity index is 1.75. The summed E-state index contributed by atoms with van der Waals surface area (Å²) in [5.74, 6) is 0.187. The molecular formula is C24H22N4O4. The lowest BCUT2D eigenvalue weighted by Gasteiger charge is -2.16. The second kappa shape index (κ2) is 8.89. The van der Waals surface area contributed by atoms with E-state index in [9.17, 15) is 14.4 Å². The fourth-order valence-electron chi connectivity index (χ4n) is 3.54. The molecule has 1 amide bonds. The van der Waals surface area contributed by atoms with Gasteiger partial charge in [-0.2, -0.15) is 0 Å². The number of carbonyl (C=O) groups excluding carboxylic acids is 1. The molecule has 1 N–H and O–H groups in total. The van der Waals surface area contributed by atoms with E-state index in [1.54, 1.807) is 43.5 Å². The third kappa shape index (κ3) is 4.02. The van der Waals surface area contributed by atoms with Gasteiger partial charge in [0.25, 0.3) is 5.56 Å². The maximum atomic E-state index is 13.3. The number of benzene rings is 2. The average molecular weight is 430 g/mol. The van der Waals surface area contributed by atoms with Gasteiger partial charge in [-0.05, 0) is 48.9 Å². The number of hydrogen-bond donors (Lipinski definition) is 1. The van der Waals surface area contributed by atoms with Gasteiger partial charge in [0.05, 0.1) is 24.2 Å². The fraction of sp³-hybridized carbons (Fsp3) is 0.167. The van der Waals surface area contributed by atoms with E-state index in [0.29, 0.717) is 11.4 Å². The van der Waals surface area contributed by atoms with Crippen molar-refractivity contribution in [3.05, 3.63) is 99.3 Å². The van der Waals surface area contributed by atoms with Crippen LogP contribution in [-0.2, 0) is 11.3 Å². The second-order valence-corrected chi connectivity index (χ2v) is 7.28. The van der Waals surface area contributed by atoms with Crippen LogP contribution >= 0.6 is 0 Å². The van der Waals surface area contributed by atoms with Crippen molar-refractivity contribution in [1.82, 2.24) is 19.4 Å². The molecule has 8 heteroatoms. The van der Waals surface area contributed by atoms with Gasteiger partial charge >= 0.3 is 5.69 Å². The minimum Gasteiger partial charge on any atom is -0.497 e. The van der Waals surface area contributed by atoms with E-state index >= 15 is 0 Å². The Morgan fingerprint density at radius 3 is 2.44 bits per heavy atom. The maximum Gasteiger partial charge on any atom is 0.337 e. The molecule has 0 radical (unpaired) electrons. The molecule has 0 aliphatic rings. The van der Waals surface area contributed by atoms with Crippen LogP contribution in [0.2, 0.25) is 0 Å². The summed E-state index contributed by atoms with van der Waals surface area (Å²) in [7, 11) is 1.55. The van der Waals surface area contributed by atoms with Crippen molar-refractivity contribution in [3.8, 4) is 11.4 Å². The molecule has 4 aromatic rings. The zero-order valence-electron chi connectivity index (χ0n) is 17.7. The molecule has 2 aromatic heterocycles. The van der Waals surface area contributed by atoms with Gasteiger partial charge in [0, 0.05) is 6.20 Å². The van der Waals surface area contributed by atoms with Crippen LogP contribution < -0.4 is 21.3 Å². The SMILES string of the molecule is COc1ccc(-n2c(=O)n(CC(=O)N[C@@H](C)c3ccccc3)c(=O)c3cccnc32)cc1. The number of rotatable bonds is 6. The van der Waals surface area contributed by atoms with Crippen molar-refractivity contribution in [2.24, 2.45) is 0 Å². The third-order valence-electron chi connectivity index (χ3n) is 5.21. The smallest absolute Gasteiger partial charge is 0.337 e. The summed E-state index contributed by atoms with van der Waals surface area (Å²) in [5.41, 5.74) is 0.444. The molecule has 0 fully saturated rings. The van der Waals surface area contributed by atoms with Crippen LogP contribution in [0.25, 0.3) is 16.7 Å². The largest absolute Gasteiger partial charge is 0.497 e. The fourth-order valence-corrected chi connectivity index (χ4v) is 3.54. The average Bonchev–Trinajstić information content (AvgIpc) is 2.83. The zero-order valence-corrected chi connectivity index (χ0v) is 17.7. The maximum absolute atomic E-state index is 13.3. The summed E-state index contributed by atoms with van der Waals surface area (Å²) in [4.78, 5) is 43.3. The summed E-state index contributed by atoms with van der Waals surface area (Å²) in [6.07, 6.45) is 1.51. The topological polar surface area (TPSA) is 95.2 Å². The first kappa shape index (κ1) is 21.0. The van der Waals surface area contributed by atoms with Gasteiger partial charge in [-0.15, -0.1) is 0 Å². The van der Waals surface area contributed by atoms with Gasteiger partial charge in [0.1, 0.15) is 12.3 Å². The first-order valence-electron chi connectivity index (χ1n) is 10.1. The first-order chi connectivity index (χ1) is 15.5. The lowest BCUT2D eigenvalue weighted by Crippen LogP contribution is -2.44. The Hall–Kier alpha value is -4.20. The Kier molecular flexibility index (Phi) is 5.85. The molecule has 0 unspecified atom stereocenters. The predicted octanol–water partition coefficient (Wildman–Crippen LogP) is 2.43. The number of hydrogen-bond acceptors (Lipinski definition) is 5. The van der Waals surface area contributed by atoms with E-state index in [-0.39, 0.29) is 17.1 Å². The minimum absolute atomic E-state index is 0.224. The van der Waals surface area contributed by atoms with Crippen molar-refractivity contribution in [2.75, 3.05) is 7.11 Å². The Morgan fingerprint density at radius 1 is 1.03 bits per heavy atom. The summed E-state index contributed by atoms with van der Waals surface area (Å²) >= 11 is 0. The number of aromatic nitrogens is 3. The minimum atomic E-state index is -0.645. The normalized spacial score (nSPS) is 11.8. The molecule has 4 rings (SSSR count). The number of methoxy groups -OCH3 is 1. The molecule has 1 atom stereocenters. The number of nitrogens with zero attached hydrogens (tertiary/aromatic N) is 3. The monoisotopic (exact) mass is 430 g/mol. The van der Waals surface area contributed by atoms with Gasteiger partial charge < -0.3 is 10.1 Å². The summed E-state index contributed by atoms with van der Waals surface area (Å²) < 4.78 is 7.44. The lowest BCUT2D eigenvalue weighted by atomic mass is 10.1. The van der Waals surface area contributed by atoms with Crippen LogP contribution in [0.5, 0.6) is 5.75 Å². The van der Waals surface area contributed by atoms with Crippen molar-refractivity contribution < 1.29 is 9.53 Å². The highest BCUT2D eigenvalue weighted by Crippen LogP contribution is 2.16. The molecule has 8 nitrogen and oxygen atoms in total. The molecule has 0 saturated heterocycles. The molecule has 0 bridgehead atoms. The number of amides is 1. The lowest BCUT2D eigenvalue weighted by molar-refractivity contribution is -0.122. The van der Waals surface area contributed by atoms with Crippen LogP contribution in [0.1, 0.15) is 18.5 Å². The number of ether oxygens (including phenoxy) is 1. The molecular weight excluding hydrogens is 408 g/mol. The standard InChI is InChI=1S/C24H22N4O4/c1-16(17-7-4-3-5-8-17)26-21(29)15-27-23(30)20-9-6-14-25-22(20)28(24(27)31)18-10-12-19(32-2)13-11-18/h3-14,16H,15H2,1-2H3,(H,26,29)/t16-/m0/s1. The number of pyridine rings is 1. The summed E-state index contributed by atoms with van der Waals surface area (Å²) in [6.45, 7) is 1.44. The van der Waals surface area contributed by atoms with E-state index in [4.69, 9.17) is 4.74 Å². The second-order valence-electron chi connectivity index (χ2n) is 7.28. The van der Waals surface area contributed by atoms with Crippen LogP contribution in [0.15, 0.2) is 82.5 Å². The van der Waals surface area contributed by atoms with E-state index in [1.165, 1.54) is 10.8 Å². The quantitative estimate of drug-likeness (QED) is 0.507. The van der Waals surface area contributed by atoms with Gasteiger partial charge in [0.2, 0.25) is 5.91 Å². The molecule has 0 saturated carbocycles. The van der Waals surface area contributed by atoms with Gasteiger partial charge in [-0.3, -0.25) is 9.59 Å². The van der Waals surface area contributed by atoms with Crippen LogP contribution in [-0.4, -0.2) is 27.1 Å². The molecule has 0 aliphatic heterocycles. The number of fused-ring (bicyclic) bond motifs is 1. The highest BCUT2D eigenvalue weighted by atomic mass is 16.5. The third-order valence-corrected chi connectivity index (χ3v) is 5.21. The van der Waals surface area contributed by atoms with E-state index in [0.717, 1.165) is 10.1 Å². The molecule has 2 aromatic carbocycles. The number of nitrogens with one attached hydrogen (secondary N) is 1. The Morgan fingerprint density at radius 2 is 1.75 bits per heavy atom. The van der Waals surface area contributed by atoms with Crippen molar-refractivity contribution in [2.45, 2.75) is 19.5 Å². The molecule has 2 heterocycles. The van der Waals surface area contributed by atoms with E-state index in [1.807, 2.05) is 37.3 Å². The molecule has 0 aliphatic carbocycles.